The standard InChI is InChI=1S/C23H29N5O2S/c1-2-16-5-3-7-19(13-16)24-21(29)15-31-22-11-10-20(26-27-22)28-12-4-6-17(14-28)23(30)25-18-8-9-18/h3,5,7,10-11,13,17-18H,2,4,6,8-9,12,14-15H2,1H3,(H,24,29)(H,25,30). The third-order valence-corrected chi connectivity index (χ3v) is 6.56. The van der Waals surface area contributed by atoms with Crippen LogP contribution in [0.4, 0.5) is 11.5 Å². The van der Waals surface area contributed by atoms with E-state index in [4.69, 9.17) is 0 Å². The number of carbonyl (C=O) groups excluding carboxylic acids is 2. The number of thioether (sulfide) groups is 1. The predicted octanol–water partition coefficient (Wildman–Crippen LogP) is 3.26. The maximum Gasteiger partial charge on any atom is 0.234 e. The summed E-state index contributed by atoms with van der Waals surface area (Å²) in [4.78, 5) is 26.8. The number of nitrogens with zero attached hydrogens (tertiary/aromatic N) is 3. The summed E-state index contributed by atoms with van der Waals surface area (Å²) in [5, 5.41) is 15.4. The lowest BCUT2D eigenvalue weighted by Crippen LogP contribution is -2.44. The van der Waals surface area contributed by atoms with Gasteiger partial charge in [0.25, 0.3) is 0 Å². The molecule has 0 bridgehead atoms. The van der Waals surface area contributed by atoms with E-state index in [1.54, 1.807) is 0 Å². The number of piperidine rings is 1. The van der Waals surface area contributed by atoms with Gasteiger partial charge in [-0.1, -0.05) is 30.8 Å². The van der Waals surface area contributed by atoms with Crippen molar-refractivity contribution in [3.8, 4) is 0 Å². The fraction of sp³-hybridized carbons (Fsp3) is 0.478. The Kier molecular flexibility index (Phi) is 7.06. The van der Waals surface area contributed by atoms with Crippen LogP contribution in [0.3, 0.4) is 0 Å². The van der Waals surface area contributed by atoms with Gasteiger partial charge in [0.05, 0.1) is 11.7 Å². The van der Waals surface area contributed by atoms with Crippen molar-refractivity contribution >= 4 is 35.1 Å². The van der Waals surface area contributed by atoms with E-state index in [0.717, 1.165) is 50.2 Å². The van der Waals surface area contributed by atoms with Gasteiger partial charge in [-0.3, -0.25) is 9.59 Å². The van der Waals surface area contributed by atoms with Crippen LogP contribution in [0, 0.1) is 5.92 Å². The quantitative estimate of drug-likeness (QED) is 0.614. The summed E-state index contributed by atoms with van der Waals surface area (Å²) in [5.74, 6) is 1.18. The molecule has 4 rings (SSSR count). The number of benzene rings is 1. The monoisotopic (exact) mass is 439 g/mol. The molecule has 2 N–H and O–H groups in total. The van der Waals surface area contributed by atoms with E-state index < -0.39 is 0 Å². The second-order valence-electron chi connectivity index (χ2n) is 8.19. The summed E-state index contributed by atoms with van der Waals surface area (Å²) in [6.45, 7) is 3.65. The Labute approximate surface area is 187 Å². The van der Waals surface area contributed by atoms with Gasteiger partial charge in [-0.05, 0) is 61.9 Å². The van der Waals surface area contributed by atoms with E-state index in [9.17, 15) is 9.59 Å². The molecular weight excluding hydrogens is 410 g/mol. The van der Waals surface area contributed by atoms with Gasteiger partial charge in [-0.25, -0.2) is 0 Å². The minimum Gasteiger partial charge on any atom is -0.354 e. The van der Waals surface area contributed by atoms with Crippen LogP contribution in [0.1, 0.15) is 38.2 Å². The van der Waals surface area contributed by atoms with Gasteiger partial charge in [0.15, 0.2) is 5.82 Å². The highest BCUT2D eigenvalue weighted by Gasteiger charge is 2.30. The first-order valence-corrected chi connectivity index (χ1v) is 12.0. The molecule has 2 heterocycles. The number of aromatic nitrogens is 2. The Morgan fingerprint density at radius 2 is 2.03 bits per heavy atom. The lowest BCUT2D eigenvalue weighted by atomic mass is 9.97. The molecule has 1 aromatic carbocycles. The first kappa shape index (κ1) is 21.6. The number of nitrogens with one attached hydrogen (secondary N) is 2. The molecule has 2 amide bonds. The molecular formula is C23H29N5O2S. The highest BCUT2D eigenvalue weighted by molar-refractivity contribution is 7.99. The van der Waals surface area contributed by atoms with Crippen molar-refractivity contribution in [1.82, 2.24) is 15.5 Å². The van der Waals surface area contributed by atoms with Crippen LogP contribution >= 0.6 is 11.8 Å². The number of carbonyl (C=O) groups is 2. The fourth-order valence-electron chi connectivity index (χ4n) is 3.71. The van der Waals surface area contributed by atoms with Crippen LogP contribution < -0.4 is 15.5 Å². The smallest absolute Gasteiger partial charge is 0.234 e. The van der Waals surface area contributed by atoms with Crippen LogP contribution in [0.15, 0.2) is 41.4 Å². The largest absolute Gasteiger partial charge is 0.354 e. The Balaban J connectivity index is 1.26. The van der Waals surface area contributed by atoms with Crippen LogP contribution in [0.5, 0.6) is 0 Å². The van der Waals surface area contributed by atoms with Crippen LogP contribution in [0.2, 0.25) is 0 Å². The molecule has 2 fully saturated rings. The average molecular weight is 440 g/mol. The predicted molar refractivity (Wildman–Crippen MR) is 123 cm³/mol. The number of hydrogen-bond donors (Lipinski definition) is 2. The number of amides is 2. The van der Waals surface area contributed by atoms with Gasteiger partial charge >= 0.3 is 0 Å². The Bertz CT molecular complexity index is 916. The van der Waals surface area contributed by atoms with E-state index in [1.165, 1.54) is 17.3 Å². The summed E-state index contributed by atoms with van der Waals surface area (Å²) < 4.78 is 0. The van der Waals surface area contributed by atoms with Gasteiger partial charge in [0.2, 0.25) is 11.8 Å². The van der Waals surface area contributed by atoms with E-state index in [1.807, 2.05) is 36.4 Å². The summed E-state index contributed by atoms with van der Waals surface area (Å²) in [6.07, 6.45) is 5.04. The van der Waals surface area contributed by atoms with Crippen molar-refractivity contribution in [3.63, 3.8) is 0 Å². The van der Waals surface area contributed by atoms with Gasteiger partial charge < -0.3 is 15.5 Å². The number of rotatable bonds is 8. The van der Waals surface area contributed by atoms with E-state index in [2.05, 4.69) is 32.7 Å². The maximum atomic E-state index is 12.4. The topological polar surface area (TPSA) is 87.2 Å². The van der Waals surface area contributed by atoms with Gasteiger partial charge in [0.1, 0.15) is 5.03 Å². The molecule has 1 saturated heterocycles. The van der Waals surface area contributed by atoms with E-state index in [0.29, 0.717) is 17.6 Å². The average Bonchev–Trinajstić information content (AvgIpc) is 3.62. The molecule has 7 nitrogen and oxygen atoms in total. The molecule has 1 aliphatic heterocycles. The van der Waals surface area contributed by atoms with Crippen molar-refractivity contribution in [1.29, 1.82) is 0 Å². The molecule has 1 aromatic heterocycles. The first-order chi connectivity index (χ1) is 15.1. The van der Waals surface area contributed by atoms with Crippen LogP contribution in [0.25, 0.3) is 0 Å². The van der Waals surface area contributed by atoms with Crippen LogP contribution in [-0.2, 0) is 16.0 Å². The number of hydrogen-bond acceptors (Lipinski definition) is 6. The second-order valence-corrected chi connectivity index (χ2v) is 9.18. The zero-order valence-electron chi connectivity index (χ0n) is 17.8. The number of anilines is 2. The van der Waals surface area contributed by atoms with Crippen molar-refractivity contribution in [2.75, 3.05) is 29.1 Å². The Morgan fingerprint density at radius 1 is 1.16 bits per heavy atom. The van der Waals surface area contributed by atoms with Gasteiger partial charge in [0, 0.05) is 24.8 Å². The minimum absolute atomic E-state index is 0.0140. The summed E-state index contributed by atoms with van der Waals surface area (Å²) in [7, 11) is 0. The molecule has 0 radical (unpaired) electrons. The maximum absolute atomic E-state index is 12.4. The molecule has 2 aromatic rings. The fourth-order valence-corrected chi connectivity index (χ4v) is 4.32. The Hall–Kier alpha value is -2.61. The molecule has 31 heavy (non-hydrogen) atoms. The SMILES string of the molecule is CCc1cccc(NC(=O)CSc2ccc(N3CCCC(C(=O)NC4CC4)C3)nn2)c1. The highest BCUT2D eigenvalue weighted by atomic mass is 32.2. The third-order valence-electron chi connectivity index (χ3n) is 5.64. The van der Waals surface area contributed by atoms with E-state index in [-0.39, 0.29) is 23.5 Å². The molecule has 2 aliphatic rings. The molecule has 164 valence electrons. The summed E-state index contributed by atoms with van der Waals surface area (Å²) in [5.41, 5.74) is 2.01. The molecule has 1 aliphatic carbocycles. The normalized spacial score (nSPS) is 18.5. The van der Waals surface area contributed by atoms with E-state index >= 15 is 0 Å². The summed E-state index contributed by atoms with van der Waals surface area (Å²) >= 11 is 1.36. The molecule has 1 unspecified atom stereocenters. The van der Waals surface area contributed by atoms with Gasteiger partial charge in [-0.2, -0.15) is 0 Å². The van der Waals surface area contributed by atoms with Crippen molar-refractivity contribution in [2.24, 2.45) is 5.92 Å². The third kappa shape index (κ3) is 6.19. The molecule has 8 heteroatoms. The zero-order chi connectivity index (χ0) is 21.6. The van der Waals surface area contributed by atoms with Gasteiger partial charge in [-0.15, -0.1) is 10.2 Å². The first-order valence-electron chi connectivity index (χ1n) is 11.0. The van der Waals surface area contributed by atoms with Crippen molar-refractivity contribution < 1.29 is 9.59 Å². The summed E-state index contributed by atoms with van der Waals surface area (Å²) in [6, 6.07) is 12.1. The molecule has 0 spiro atoms. The number of aryl methyl sites for hydroxylation is 1. The second kappa shape index (κ2) is 10.1. The minimum atomic E-state index is -0.0651. The zero-order valence-corrected chi connectivity index (χ0v) is 18.7. The van der Waals surface area contributed by atoms with Crippen LogP contribution in [-0.4, -0.2) is 46.9 Å². The van der Waals surface area contributed by atoms with Crippen molar-refractivity contribution in [3.05, 3.63) is 42.0 Å². The highest BCUT2D eigenvalue weighted by Crippen LogP contribution is 2.25. The van der Waals surface area contributed by atoms with Crippen molar-refractivity contribution in [2.45, 2.75) is 50.1 Å². The molecule has 1 atom stereocenters. The lowest BCUT2D eigenvalue weighted by Gasteiger charge is -2.32. The lowest BCUT2D eigenvalue weighted by molar-refractivity contribution is -0.125. The molecule has 1 saturated carbocycles. The Morgan fingerprint density at radius 3 is 2.77 bits per heavy atom.